The summed E-state index contributed by atoms with van der Waals surface area (Å²) in [6.07, 6.45) is 1.96. The molecule has 2 heterocycles. The van der Waals surface area contributed by atoms with Crippen molar-refractivity contribution < 1.29 is 9.53 Å². The van der Waals surface area contributed by atoms with Gasteiger partial charge in [0, 0.05) is 15.5 Å². The van der Waals surface area contributed by atoms with Gasteiger partial charge in [-0.3, -0.25) is 0 Å². The van der Waals surface area contributed by atoms with Gasteiger partial charge in [0.25, 0.3) is 0 Å². The highest BCUT2D eigenvalue weighted by Crippen LogP contribution is 2.39. The van der Waals surface area contributed by atoms with Crippen molar-refractivity contribution in [3.8, 4) is 0 Å². The molecule has 0 atom stereocenters. The Balaban J connectivity index is 2.31. The molecule has 0 fully saturated rings. The second-order valence-corrected chi connectivity index (χ2v) is 5.92. The number of hydrogen-bond acceptors (Lipinski definition) is 4. The lowest BCUT2D eigenvalue weighted by Gasteiger charge is -2.12. The van der Waals surface area contributed by atoms with Crippen LogP contribution in [-0.4, -0.2) is 12.6 Å². The van der Waals surface area contributed by atoms with E-state index >= 15 is 0 Å². The van der Waals surface area contributed by atoms with Crippen molar-refractivity contribution in [2.75, 3.05) is 6.61 Å². The van der Waals surface area contributed by atoms with E-state index in [1.807, 2.05) is 13.0 Å². The maximum absolute atomic E-state index is 11.6. The van der Waals surface area contributed by atoms with Gasteiger partial charge in [-0.1, -0.05) is 0 Å². The summed E-state index contributed by atoms with van der Waals surface area (Å²) < 4.78 is 5.01. The van der Waals surface area contributed by atoms with Crippen LogP contribution in [0.1, 0.15) is 27.8 Å². The molecule has 1 aromatic rings. The summed E-state index contributed by atoms with van der Waals surface area (Å²) in [6.45, 7) is 6.54. The molecule has 0 saturated heterocycles. The van der Waals surface area contributed by atoms with Gasteiger partial charge < -0.3 is 4.74 Å². The van der Waals surface area contributed by atoms with E-state index in [1.54, 1.807) is 23.1 Å². The van der Waals surface area contributed by atoms with Gasteiger partial charge in [-0.15, -0.1) is 23.1 Å². The zero-order chi connectivity index (χ0) is 11.7. The lowest BCUT2D eigenvalue weighted by atomic mass is 10.1. The van der Waals surface area contributed by atoms with Crippen molar-refractivity contribution >= 4 is 35.1 Å². The molecule has 16 heavy (non-hydrogen) atoms. The Morgan fingerprint density at radius 2 is 2.25 bits per heavy atom. The number of carbonyl (C=O) groups is 1. The van der Waals surface area contributed by atoms with E-state index in [-0.39, 0.29) is 5.97 Å². The number of ether oxygens (including phenoxy) is 1. The van der Waals surface area contributed by atoms with Gasteiger partial charge in [-0.25, -0.2) is 4.79 Å². The van der Waals surface area contributed by atoms with Crippen LogP contribution in [0, 0.1) is 13.8 Å². The number of carbonyl (C=O) groups excluding carboxylic acids is 1. The number of hydrogen-bond donors (Lipinski definition) is 0. The third-order valence-electron chi connectivity index (χ3n) is 2.65. The Bertz CT molecular complexity index is 458. The van der Waals surface area contributed by atoms with Gasteiger partial charge in [0.15, 0.2) is 0 Å². The van der Waals surface area contributed by atoms with E-state index in [0.717, 1.165) is 10.7 Å². The predicted molar refractivity (Wildman–Crippen MR) is 69.7 cm³/mol. The molecule has 0 bridgehead atoms. The molecule has 1 aliphatic rings. The van der Waals surface area contributed by atoms with Crippen LogP contribution in [-0.2, 0) is 15.3 Å². The van der Waals surface area contributed by atoms with Crippen molar-refractivity contribution in [3.63, 3.8) is 0 Å². The molecular weight excluding hydrogens is 240 g/mol. The third kappa shape index (κ3) is 2.04. The maximum Gasteiger partial charge on any atom is 0.344 e. The van der Waals surface area contributed by atoms with Crippen molar-refractivity contribution in [3.05, 3.63) is 25.8 Å². The molecule has 0 aliphatic carbocycles. The van der Waals surface area contributed by atoms with Crippen LogP contribution in [0.15, 0.2) is 4.91 Å². The van der Waals surface area contributed by atoms with Crippen molar-refractivity contribution in [2.24, 2.45) is 0 Å². The van der Waals surface area contributed by atoms with Gasteiger partial charge in [-0.2, -0.15) is 0 Å². The van der Waals surface area contributed by atoms with E-state index in [4.69, 9.17) is 4.74 Å². The van der Waals surface area contributed by atoms with E-state index < -0.39 is 0 Å². The highest BCUT2D eigenvalue weighted by atomic mass is 32.2. The number of rotatable bonds is 2. The summed E-state index contributed by atoms with van der Waals surface area (Å²) >= 11 is 3.33. The van der Waals surface area contributed by atoms with Crippen LogP contribution < -0.4 is 0 Å². The minimum Gasteiger partial charge on any atom is -0.462 e. The zero-order valence-electron chi connectivity index (χ0n) is 9.62. The Hall–Kier alpha value is -0.740. The summed E-state index contributed by atoms with van der Waals surface area (Å²) in [5, 5.41) is 0. The summed E-state index contributed by atoms with van der Waals surface area (Å²) in [5.41, 5.74) is 2.74. The molecule has 1 aliphatic heterocycles. The average Bonchev–Trinajstić information content (AvgIpc) is 2.55. The third-order valence-corrected chi connectivity index (χ3v) is 4.88. The van der Waals surface area contributed by atoms with Crippen LogP contribution in [0.4, 0.5) is 0 Å². The number of thiophene rings is 1. The van der Waals surface area contributed by atoms with Crippen molar-refractivity contribution in [1.82, 2.24) is 0 Å². The lowest BCUT2D eigenvalue weighted by molar-refractivity contribution is -0.137. The van der Waals surface area contributed by atoms with E-state index in [2.05, 4.69) is 13.8 Å². The highest BCUT2D eigenvalue weighted by Gasteiger charge is 2.21. The second-order valence-electron chi connectivity index (χ2n) is 3.64. The summed E-state index contributed by atoms with van der Waals surface area (Å²) in [6, 6.07) is 0. The van der Waals surface area contributed by atoms with Gasteiger partial charge >= 0.3 is 5.97 Å². The Kier molecular flexibility index (Phi) is 3.40. The molecule has 0 amide bonds. The molecule has 0 spiro atoms. The molecule has 2 nitrogen and oxygen atoms in total. The summed E-state index contributed by atoms with van der Waals surface area (Å²) in [7, 11) is 0. The van der Waals surface area contributed by atoms with Crippen LogP contribution in [0.5, 0.6) is 0 Å². The normalized spacial score (nSPS) is 14.3. The van der Waals surface area contributed by atoms with Crippen molar-refractivity contribution in [2.45, 2.75) is 26.5 Å². The predicted octanol–water partition coefficient (Wildman–Crippen LogP) is 3.52. The fraction of sp³-hybridized carbons (Fsp3) is 0.417. The summed E-state index contributed by atoms with van der Waals surface area (Å²) in [5.74, 6) is 0.692. The van der Waals surface area contributed by atoms with E-state index in [0.29, 0.717) is 6.61 Å². The molecule has 0 unspecified atom stereocenters. The Morgan fingerprint density at radius 1 is 1.50 bits per heavy atom. The number of aryl methyl sites for hydroxylation is 1. The highest BCUT2D eigenvalue weighted by molar-refractivity contribution is 8.03. The van der Waals surface area contributed by atoms with Crippen molar-refractivity contribution in [1.29, 1.82) is 0 Å². The van der Waals surface area contributed by atoms with Gasteiger partial charge in [0.2, 0.25) is 0 Å². The molecule has 1 aromatic heterocycles. The van der Waals surface area contributed by atoms with Crippen LogP contribution in [0.3, 0.4) is 0 Å². The first kappa shape index (κ1) is 11.7. The fourth-order valence-electron chi connectivity index (χ4n) is 1.63. The van der Waals surface area contributed by atoms with E-state index in [1.165, 1.54) is 20.9 Å². The SMILES string of the molecule is CCOC(=O)C1=Cc2sc(C)c(C)c2CS1. The Labute approximate surface area is 104 Å². The summed E-state index contributed by atoms with van der Waals surface area (Å²) in [4.78, 5) is 14.9. The molecular formula is C12H14O2S2. The van der Waals surface area contributed by atoms with Crippen LogP contribution in [0.25, 0.3) is 6.08 Å². The molecule has 0 N–H and O–H groups in total. The number of esters is 1. The fourth-order valence-corrected chi connectivity index (χ4v) is 3.97. The smallest absolute Gasteiger partial charge is 0.344 e. The van der Waals surface area contributed by atoms with Gasteiger partial charge in [0.05, 0.1) is 11.5 Å². The first-order valence-corrected chi connectivity index (χ1v) is 7.04. The molecule has 86 valence electrons. The first-order chi connectivity index (χ1) is 7.63. The minimum absolute atomic E-state index is 0.193. The Morgan fingerprint density at radius 3 is 2.94 bits per heavy atom. The molecule has 4 heteroatoms. The average molecular weight is 254 g/mol. The second kappa shape index (κ2) is 4.63. The molecule has 0 aromatic carbocycles. The largest absolute Gasteiger partial charge is 0.462 e. The van der Waals surface area contributed by atoms with Crippen LogP contribution >= 0.6 is 23.1 Å². The minimum atomic E-state index is -0.193. The number of thioether (sulfide) groups is 1. The maximum atomic E-state index is 11.6. The zero-order valence-corrected chi connectivity index (χ0v) is 11.3. The molecule has 2 rings (SSSR count). The molecule has 0 saturated carbocycles. The van der Waals surface area contributed by atoms with E-state index in [9.17, 15) is 4.79 Å². The quantitative estimate of drug-likeness (QED) is 0.755. The number of fused-ring (bicyclic) bond motifs is 1. The van der Waals surface area contributed by atoms with Crippen LogP contribution in [0.2, 0.25) is 0 Å². The topological polar surface area (TPSA) is 26.3 Å². The first-order valence-electron chi connectivity index (χ1n) is 5.24. The van der Waals surface area contributed by atoms with Gasteiger partial charge in [-0.05, 0) is 38.0 Å². The van der Waals surface area contributed by atoms with Gasteiger partial charge in [0.1, 0.15) is 0 Å². The standard InChI is InChI=1S/C12H14O2S2/c1-4-14-12(13)11-5-10-9(6-15-11)7(2)8(3)16-10/h5H,4,6H2,1-3H3. The molecule has 0 radical (unpaired) electrons. The monoisotopic (exact) mass is 254 g/mol. The lowest BCUT2D eigenvalue weighted by Crippen LogP contribution is -2.07.